The van der Waals surface area contributed by atoms with E-state index in [1.807, 2.05) is 25.1 Å². The molecule has 0 saturated carbocycles. The summed E-state index contributed by atoms with van der Waals surface area (Å²) in [5.41, 5.74) is 1.04. The van der Waals surface area contributed by atoms with Gasteiger partial charge in [-0.3, -0.25) is 0 Å². The molecule has 0 heterocycles. The first-order valence-corrected chi connectivity index (χ1v) is 5.65. The molecule has 0 aliphatic carbocycles. The van der Waals surface area contributed by atoms with E-state index in [0.717, 1.165) is 5.56 Å². The lowest BCUT2D eigenvalue weighted by molar-refractivity contribution is -0.122. The Hall–Kier alpha value is -1.92. The largest absolute Gasteiger partial charge is 0.492 e. The maximum Gasteiger partial charge on any atom is 0.405 e. The van der Waals surface area contributed by atoms with Crippen LogP contribution in [0.1, 0.15) is 5.56 Å². The minimum Gasteiger partial charge on any atom is -0.492 e. The second kappa shape index (κ2) is 6.86. The van der Waals surface area contributed by atoms with Crippen LogP contribution in [0, 0.1) is 6.92 Å². The van der Waals surface area contributed by atoms with Crippen LogP contribution in [0.2, 0.25) is 0 Å². The van der Waals surface area contributed by atoms with Gasteiger partial charge in [-0.25, -0.2) is 4.79 Å². The van der Waals surface area contributed by atoms with Gasteiger partial charge in [0.05, 0.1) is 6.54 Å². The predicted molar refractivity (Wildman–Crippen MR) is 64.1 cm³/mol. The molecule has 0 saturated heterocycles. The van der Waals surface area contributed by atoms with Gasteiger partial charge in [-0.2, -0.15) is 13.2 Å². The topological polar surface area (TPSA) is 50.4 Å². The highest BCUT2D eigenvalue weighted by atomic mass is 19.4. The Bertz CT molecular complexity index is 422. The van der Waals surface area contributed by atoms with Crippen LogP contribution in [0.5, 0.6) is 5.75 Å². The van der Waals surface area contributed by atoms with E-state index in [1.54, 1.807) is 11.4 Å². The fourth-order valence-corrected chi connectivity index (χ4v) is 1.28. The van der Waals surface area contributed by atoms with Crippen molar-refractivity contribution >= 4 is 6.03 Å². The monoisotopic (exact) mass is 276 g/mol. The molecule has 0 radical (unpaired) electrons. The standard InChI is InChI=1S/C12H15F3N2O2/c1-9-3-2-4-10(7-9)19-6-5-16-11(18)17-8-12(13,14)15/h2-4,7H,5-6,8H2,1H3,(H2,16,17,18). The fraction of sp³-hybridized carbons (Fsp3) is 0.417. The number of urea groups is 1. The normalized spacial score (nSPS) is 10.9. The van der Waals surface area contributed by atoms with Crippen molar-refractivity contribution in [1.82, 2.24) is 10.6 Å². The van der Waals surface area contributed by atoms with Crippen molar-refractivity contribution in [3.63, 3.8) is 0 Å². The van der Waals surface area contributed by atoms with E-state index in [1.165, 1.54) is 0 Å². The number of rotatable bonds is 5. The van der Waals surface area contributed by atoms with Gasteiger partial charge in [0, 0.05) is 0 Å². The first-order valence-electron chi connectivity index (χ1n) is 5.65. The minimum atomic E-state index is -4.41. The average molecular weight is 276 g/mol. The van der Waals surface area contributed by atoms with Crippen molar-refractivity contribution in [1.29, 1.82) is 0 Å². The highest BCUT2D eigenvalue weighted by molar-refractivity contribution is 5.73. The van der Waals surface area contributed by atoms with Gasteiger partial charge in [0.15, 0.2) is 0 Å². The summed E-state index contributed by atoms with van der Waals surface area (Å²) >= 11 is 0. The summed E-state index contributed by atoms with van der Waals surface area (Å²) in [4.78, 5) is 11.0. The van der Waals surface area contributed by atoms with E-state index in [4.69, 9.17) is 4.74 Å². The Kier molecular flexibility index (Phi) is 5.47. The van der Waals surface area contributed by atoms with Gasteiger partial charge in [0.1, 0.15) is 18.9 Å². The Labute approximate surface area is 108 Å². The van der Waals surface area contributed by atoms with Crippen molar-refractivity contribution in [2.45, 2.75) is 13.1 Å². The molecule has 7 heteroatoms. The molecule has 1 aromatic carbocycles. The molecule has 1 aromatic rings. The SMILES string of the molecule is Cc1cccc(OCCNC(=O)NCC(F)(F)F)c1. The van der Waals surface area contributed by atoms with Crippen molar-refractivity contribution < 1.29 is 22.7 Å². The van der Waals surface area contributed by atoms with E-state index in [9.17, 15) is 18.0 Å². The molecule has 0 atom stereocenters. The van der Waals surface area contributed by atoms with Crippen molar-refractivity contribution in [2.75, 3.05) is 19.7 Å². The first-order chi connectivity index (χ1) is 8.87. The Balaban J connectivity index is 2.15. The summed E-state index contributed by atoms with van der Waals surface area (Å²) in [6, 6.07) is 6.45. The zero-order chi connectivity index (χ0) is 14.3. The van der Waals surface area contributed by atoms with Gasteiger partial charge in [0.25, 0.3) is 0 Å². The van der Waals surface area contributed by atoms with Crippen LogP contribution < -0.4 is 15.4 Å². The number of nitrogens with one attached hydrogen (secondary N) is 2. The third-order valence-electron chi connectivity index (χ3n) is 2.10. The number of alkyl halides is 3. The highest BCUT2D eigenvalue weighted by Crippen LogP contribution is 2.12. The van der Waals surface area contributed by atoms with Gasteiger partial charge in [0.2, 0.25) is 0 Å². The van der Waals surface area contributed by atoms with Crippen molar-refractivity contribution in [3.8, 4) is 5.75 Å². The number of amides is 2. The molecule has 0 unspecified atom stereocenters. The zero-order valence-corrected chi connectivity index (χ0v) is 10.4. The van der Waals surface area contributed by atoms with E-state index in [2.05, 4.69) is 5.32 Å². The molecular weight excluding hydrogens is 261 g/mol. The number of carbonyl (C=O) groups excluding carboxylic acids is 1. The molecular formula is C12H15F3N2O2. The number of hydrogen-bond donors (Lipinski definition) is 2. The highest BCUT2D eigenvalue weighted by Gasteiger charge is 2.27. The number of ether oxygens (including phenoxy) is 1. The van der Waals surface area contributed by atoms with Gasteiger partial charge in [-0.1, -0.05) is 12.1 Å². The summed E-state index contributed by atoms with van der Waals surface area (Å²) in [7, 11) is 0. The Morgan fingerprint density at radius 3 is 2.68 bits per heavy atom. The molecule has 106 valence electrons. The van der Waals surface area contributed by atoms with E-state index in [0.29, 0.717) is 5.75 Å². The van der Waals surface area contributed by atoms with E-state index in [-0.39, 0.29) is 13.2 Å². The third kappa shape index (κ3) is 7.17. The number of carbonyl (C=O) groups is 1. The molecule has 0 bridgehead atoms. The van der Waals surface area contributed by atoms with Crippen LogP contribution in [-0.4, -0.2) is 31.9 Å². The average Bonchev–Trinajstić information content (AvgIpc) is 2.31. The second-order valence-electron chi connectivity index (χ2n) is 3.89. The summed E-state index contributed by atoms with van der Waals surface area (Å²) in [5.74, 6) is 0.650. The van der Waals surface area contributed by atoms with Crippen LogP contribution in [0.25, 0.3) is 0 Å². The van der Waals surface area contributed by atoms with Crippen molar-refractivity contribution in [3.05, 3.63) is 29.8 Å². The van der Waals surface area contributed by atoms with Crippen molar-refractivity contribution in [2.24, 2.45) is 0 Å². The second-order valence-corrected chi connectivity index (χ2v) is 3.89. The van der Waals surface area contributed by atoms with E-state index < -0.39 is 18.8 Å². The van der Waals surface area contributed by atoms with E-state index >= 15 is 0 Å². The summed E-state index contributed by atoms with van der Waals surface area (Å²) < 4.78 is 40.7. The molecule has 0 fully saturated rings. The molecule has 19 heavy (non-hydrogen) atoms. The maximum atomic E-state index is 11.8. The van der Waals surface area contributed by atoms with Crippen LogP contribution in [-0.2, 0) is 0 Å². The molecule has 2 amide bonds. The third-order valence-corrected chi connectivity index (χ3v) is 2.10. The minimum absolute atomic E-state index is 0.123. The fourth-order valence-electron chi connectivity index (χ4n) is 1.28. The molecule has 1 rings (SSSR count). The Morgan fingerprint density at radius 2 is 2.05 bits per heavy atom. The van der Waals surface area contributed by atoms with Gasteiger partial charge in [-0.05, 0) is 24.6 Å². The summed E-state index contributed by atoms with van der Waals surface area (Å²) in [5, 5.41) is 3.96. The van der Waals surface area contributed by atoms with Crippen LogP contribution in [0.15, 0.2) is 24.3 Å². The lowest BCUT2D eigenvalue weighted by Crippen LogP contribution is -2.42. The molecule has 0 aliphatic heterocycles. The molecule has 0 aromatic heterocycles. The molecule has 0 aliphatic rings. The quantitative estimate of drug-likeness (QED) is 0.810. The number of benzene rings is 1. The van der Waals surface area contributed by atoms with Gasteiger partial charge < -0.3 is 15.4 Å². The summed E-state index contributed by atoms with van der Waals surface area (Å²) in [6.07, 6.45) is -4.41. The maximum absolute atomic E-state index is 11.8. The Morgan fingerprint density at radius 1 is 1.32 bits per heavy atom. The molecule has 4 nitrogen and oxygen atoms in total. The first kappa shape index (κ1) is 15.1. The van der Waals surface area contributed by atoms with Gasteiger partial charge >= 0.3 is 12.2 Å². The van der Waals surface area contributed by atoms with Crippen LogP contribution in [0.3, 0.4) is 0 Å². The lowest BCUT2D eigenvalue weighted by atomic mass is 10.2. The number of aryl methyl sites for hydroxylation is 1. The lowest BCUT2D eigenvalue weighted by Gasteiger charge is -2.10. The summed E-state index contributed by atoms with van der Waals surface area (Å²) in [6.45, 7) is 0.869. The molecule has 0 spiro atoms. The van der Waals surface area contributed by atoms with Gasteiger partial charge in [-0.15, -0.1) is 0 Å². The van der Waals surface area contributed by atoms with Crippen LogP contribution >= 0.6 is 0 Å². The van der Waals surface area contributed by atoms with Crippen LogP contribution in [0.4, 0.5) is 18.0 Å². The zero-order valence-electron chi connectivity index (χ0n) is 10.4. The number of halogens is 3. The predicted octanol–water partition coefficient (Wildman–Crippen LogP) is 2.24. The number of hydrogen-bond acceptors (Lipinski definition) is 2. The smallest absolute Gasteiger partial charge is 0.405 e. The molecule has 2 N–H and O–H groups in total.